The second kappa shape index (κ2) is 5.79. The molecule has 5 heteroatoms. The van der Waals surface area contributed by atoms with Crippen molar-refractivity contribution in [3.63, 3.8) is 0 Å². The molecule has 1 aromatic rings. The Bertz CT molecular complexity index is 495. The predicted octanol–water partition coefficient (Wildman–Crippen LogP) is 2.25. The lowest BCUT2D eigenvalue weighted by Gasteiger charge is -2.49. The van der Waals surface area contributed by atoms with Crippen LogP contribution in [0.4, 0.5) is 11.8 Å². The third-order valence-corrected chi connectivity index (χ3v) is 4.85. The van der Waals surface area contributed by atoms with Crippen LogP contribution in [0, 0.1) is 0 Å². The molecule has 0 saturated carbocycles. The Morgan fingerprint density at radius 3 is 2.67 bits per heavy atom. The number of nitrogens with zero attached hydrogens (tertiary/aromatic N) is 4. The van der Waals surface area contributed by atoms with Crippen LogP contribution in [0.15, 0.2) is 6.07 Å². The van der Waals surface area contributed by atoms with Gasteiger partial charge in [-0.25, -0.2) is 4.98 Å². The van der Waals surface area contributed by atoms with E-state index in [-0.39, 0.29) is 0 Å². The van der Waals surface area contributed by atoms with Crippen molar-refractivity contribution >= 4 is 11.8 Å². The van der Waals surface area contributed by atoms with E-state index < -0.39 is 0 Å². The Labute approximate surface area is 127 Å². The number of anilines is 2. The van der Waals surface area contributed by atoms with Crippen LogP contribution in [-0.2, 0) is 0 Å². The highest BCUT2D eigenvalue weighted by Gasteiger charge is 2.35. The van der Waals surface area contributed by atoms with E-state index in [9.17, 15) is 0 Å². The van der Waals surface area contributed by atoms with E-state index >= 15 is 0 Å². The van der Waals surface area contributed by atoms with Crippen LogP contribution in [-0.4, -0.2) is 46.6 Å². The second-order valence-corrected chi connectivity index (χ2v) is 6.81. The van der Waals surface area contributed by atoms with Gasteiger partial charge in [0.05, 0.1) is 5.69 Å². The topological polar surface area (TPSA) is 58.3 Å². The number of likely N-dealkylation sites (tertiary alicyclic amines) is 1. The molecule has 1 atom stereocenters. The number of piperidine rings is 1. The first kappa shape index (κ1) is 14.6. The molecule has 2 aliphatic rings. The van der Waals surface area contributed by atoms with Crippen LogP contribution in [0.25, 0.3) is 0 Å². The highest BCUT2D eigenvalue weighted by Crippen LogP contribution is 2.28. The van der Waals surface area contributed by atoms with Crippen molar-refractivity contribution in [1.29, 1.82) is 0 Å². The Hall–Kier alpha value is -1.36. The van der Waals surface area contributed by atoms with Gasteiger partial charge in [0.2, 0.25) is 5.95 Å². The van der Waals surface area contributed by atoms with Crippen molar-refractivity contribution in [2.45, 2.75) is 58.0 Å². The van der Waals surface area contributed by atoms with Crippen LogP contribution in [0.2, 0.25) is 0 Å². The van der Waals surface area contributed by atoms with Crippen molar-refractivity contribution in [3.8, 4) is 0 Å². The monoisotopic (exact) mass is 289 g/mol. The average Bonchev–Trinajstić information content (AvgIpc) is 2.38. The molecule has 0 aromatic carbocycles. The summed E-state index contributed by atoms with van der Waals surface area (Å²) in [7, 11) is 0. The summed E-state index contributed by atoms with van der Waals surface area (Å²) in [5, 5.41) is 0. The molecule has 3 heterocycles. The zero-order valence-corrected chi connectivity index (χ0v) is 13.4. The summed E-state index contributed by atoms with van der Waals surface area (Å²) in [5.41, 5.74) is 6.89. The molecule has 5 nitrogen and oxygen atoms in total. The summed E-state index contributed by atoms with van der Waals surface area (Å²) in [5.74, 6) is 1.77. The molecule has 0 radical (unpaired) electrons. The van der Waals surface area contributed by atoms with Gasteiger partial charge in [-0.3, -0.25) is 4.90 Å². The van der Waals surface area contributed by atoms with Crippen molar-refractivity contribution in [1.82, 2.24) is 14.9 Å². The minimum Gasteiger partial charge on any atom is -0.368 e. The lowest BCUT2D eigenvalue weighted by Crippen LogP contribution is -2.62. The molecule has 2 aliphatic heterocycles. The van der Waals surface area contributed by atoms with Gasteiger partial charge in [-0.15, -0.1) is 0 Å². The van der Waals surface area contributed by atoms with Gasteiger partial charge in [-0.1, -0.05) is 20.3 Å². The fourth-order valence-corrected chi connectivity index (χ4v) is 3.44. The second-order valence-electron chi connectivity index (χ2n) is 6.81. The molecule has 3 rings (SSSR count). The summed E-state index contributed by atoms with van der Waals surface area (Å²) in [4.78, 5) is 13.7. The Kier molecular flexibility index (Phi) is 4.02. The molecule has 2 saturated heterocycles. The minimum absolute atomic E-state index is 0.383. The molecule has 21 heavy (non-hydrogen) atoms. The van der Waals surface area contributed by atoms with E-state index in [1.54, 1.807) is 0 Å². The molecule has 2 fully saturated rings. The van der Waals surface area contributed by atoms with Crippen LogP contribution < -0.4 is 10.6 Å². The molecule has 0 amide bonds. The number of nitrogens with two attached hydrogens (primary N) is 1. The SMILES string of the molecule is CC(C)c1cc(N2CC(N3CCCCC3C)C2)nc(N)n1. The molecular weight excluding hydrogens is 262 g/mol. The van der Waals surface area contributed by atoms with Gasteiger partial charge in [-0.2, -0.15) is 4.98 Å². The first-order valence-electron chi connectivity index (χ1n) is 8.19. The number of nitrogen functional groups attached to an aromatic ring is 1. The van der Waals surface area contributed by atoms with Gasteiger partial charge >= 0.3 is 0 Å². The van der Waals surface area contributed by atoms with E-state index in [0.717, 1.165) is 30.6 Å². The zero-order chi connectivity index (χ0) is 15.0. The van der Waals surface area contributed by atoms with E-state index in [4.69, 9.17) is 5.73 Å². The number of hydrogen-bond donors (Lipinski definition) is 1. The van der Waals surface area contributed by atoms with Gasteiger partial charge in [0.1, 0.15) is 5.82 Å². The molecule has 116 valence electrons. The molecule has 2 N–H and O–H groups in total. The van der Waals surface area contributed by atoms with Crippen molar-refractivity contribution in [2.75, 3.05) is 30.3 Å². The first-order chi connectivity index (χ1) is 10.0. The van der Waals surface area contributed by atoms with E-state index in [1.165, 1.54) is 25.8 Å². The van der Waals surface area contributed by atoms with Gasteiger partial charge < -0.3 is 10.6 Å². The summed E-state index contributed by atoms with van der Waals surface area (Å²) in [6, 6.07) is 3.50. The largest absolute Gasteiger partial charge is 0.368 e. The average molecular weight is 289 g/mol. The third-order valence-electron chi connectivity index (χ3n) is 4.85. The summed E-state index contributed by atoms with van der Waals surface area (Å²) in [6.07, 6.45) is 4.07. The van der Waals surface area contributed by atoms with Gasteiger partial charge in [0, 0.05) is 31.2 Å². The smallest absolute Gasteiger partial charge is 0.222 e. The number of rotatable bonds is 3. The van der Waals surface area contributed by atoms with Crippen molar-refractivity contribution < 1.29 is 0 Å². The lowest BCUT2D eigenvalue weighted by atomic mass is 9.97. The number of aromatic nitrogens is 2. The Morgan fingerprint density at radius 1 is 1.24 bits per heavy atom. The molecule has 1 unspecified atom stereocenters. The normalized spacial score (nSPS) is 24.4. The van der Waals surface area contributed by atoms with Crippen molar-refractivity contribution in [3.05, 3.63) is 11.8 Å². The molecular formula is C16H27N5. The van der Waals surface area contributed by atoms with Gasteiger partial charge in [0.15, 0.2) is 0 Å². The fraction of sp³-hybridized carbons (Fsp3) is 0.750. The summed E-state index contributed by atoms with van der Waals surface area (Å²) in [6.45, 7) is 10.0. The molecule has 0 aliphatic carbocycles. The van der Waals surface area contributed by atoms with Crippen LogP contribution in [0.3, 0.4) is 0 Å². The maximum Gasteiger partial charge on any atom is 0.222 e. The highest BCUT2D eigenvalue weighted by atomic mass is 15.3. The lowest BCUT2D eigenvalue weighted by molar-refractivity contribution is 0.0872. The summed E-state index contributed by atoms with van der Waals surface area (Å²) >= 11 is 0. The maximum atomic E-state index is 5.85. The standard InChI is InChI=1S/C16H27N5/c1-11(2)14-8-15(19-16(17)18-14)20-9-13(10-20)21-7-5-4-6-12(21)3/h8,11-13H,4-7,9-10H2,1-3H3,(H2,17,18,19). The van der Waals surface area contributed by atoms with E-state index in [0.29, 0.717) is 17.9 Å². The molecule has 1 aromatic heterocycles. The number of hydrogen-bond acceptors (Lipinski definition) is 5. The molecule has 0 spiro atoms. The Balaban J connectivity index is 1.65. The van der Waals surface area contributed by atoms with Crippen molar-refractivity contribution in [2.24, 2.45) is 0 Å². The maximum absolute atomic E-state index is 5.85. The van der Waals surface area contributed by atoms with Gasteiger partial charge in [0.25, 0.3) is 0 Å². The zero-order valence-electron chi connectivity index (χ0n) is 13.4. The van der Waals surface area contributed by atoms with E-state index in [1.807, 2.05) is 0 Å². The van der Waals surface area contributed by atoms with Gasteiger partial charge in [-0.05, 0) is 32.2 Å². The quantitative estimate of drug-likeness (QED) is 0.925. The van der Waals surface area contributed by atoms with E-state index in [2.05, 4.69) is 46.6 Å². The van der Waals surface area contributed by atoms with Crippen LogP contribution in [0.1, 0.15) is 51.6 Å². The fourth-order valence-electron chi connectivity index (χ4n) is 3.44. The van der Waals surface area contributed by atoms with Crippen LogP contribution >= 0.6 is 0 Å². The highest BCUT2D eigenvalue weighted by molar-refractivity contribution is 5.47. The minimum atomic E-state index is 0.383. The molecule has 0 bridgehead atoms. The predicted molar refractivity (Wildman–Crippen MR) is 86.6 cm³/mol. The Morgan fingerprint density at radius 2 is 2.00 bits per heavy atom. The summed E-state index contributed by atoms with van der Waals surface area (Å²) < 4.78 is 0. The van der Waals surface area contributed by atoms with Crippen LogP contribution in [0.5, 0.6) is 0 Å². The first-order valence-corrected chi connectivity index (χ1v) is 8.19. The third kappa shape index (κ3) is 2.98.